The van der Waals surface area contributed by atoms with E-state index in [0.717, 1.165) is 20.9 Å². The Morgan fingerprint density at radius 1 is 1.04 bits per heavy atom. The number of hydrogen-bond acceptors (Lipinski definition) is 4. The Morgan fingerprint density at radius 2 is 1.56 bits per heavy atom. The summed E-state index contributed by atoms with van der Waals surface area (Å²) in [5.41, 5.74) is 0.557. The van der Waals surface area contributed by atoms with Crippen molar-refractivity contribution in [3.8, 4) is 0 Å². The minimum atomic E-state index is -0.856. The summed E-state index contributed by atoms with van der Waals surface area (Å²) in [7, 11) is 0. The number of rotatable bonds is 4. The second kappa shape index (κ2) is 6.85. The van der Waals surface area contributed by atoms with Gasteiger partial charge in [-0.2, -0.15) is 0 Å². The predicted molar refractivity (Wildman–Crippen MR) is 99.7 cm³/mol. The van der Waals surface area contributed by atoms with Crippen molar-refractivity contribution < 1.29 is 14.6 Å². The first-order valence-corrected chi connectivity index (χ1v) is 9.41. The average molecular weight is 356 g/mol. The van der Waals surface area contributed by atoms with Gasteiger partial charge in [0.1, 0.15) is 0 Å². The molecule has 0 amide bonds. The van der Waals surface area contributed by atoms with Crippen molar-refractivity contribution in [2.24, 2.45) is 5.41 Å². The molecule has 3 rings (SSSR count). The van der Waals surface area contributed by atoms with Crippen LogP contribution in [0.25, 0.3) is 0 Å². The fourth-order valence-corrected chi connectivity index (χ4v) is 4.33. The van der Waals surface area contributed by atoms with Crippen molar-refractivity contribution in [3.63, 3.8) is 0 Å². The summed E-state index contributed by atoms with van der Waals surface area (Å²) in [5, 5.41) is 9.46. The second-order valence-corrected chi connectivity index (χ2v) is 8.47. The average Bonchev–Trinajstić information content (AvgIpc) is 2.59. The fraction of sp³-hybridized carbons (Fsp3) is 0.381. The highest BCUT2D eigenvalue weighted by Crippen LogP contribution is 2.52. The van der Waals surface area contributed by atoms with Crippen LogP contribution in [0.5, 0.6) is 0 Å². The van der Waals surface area contributed by atoms with Crippen molar-refractivity contribution in [2.75, 3.05) is 6.61 Å². The van der Waals surface area contributed by atoms with Gasteiger partial charge < -0.3 is 9.84 Å². The summed E-state index contributed by atoms with van der Waals surface area (Å²) in [4.78, 5) is 15.0. The highest BCUT2D eigenvalue weighted by Gasteiger charge is 2.45. The molecule has 0 saturated heterocycles. The zero-order valence-electron chi connectivity index (χ0n) is 14.9. The van der Waals surface area contributed by atoms with Crippen molar-refractivity contribution in [1.82, 2.24) is 0 Å². The molecular formula is C21H24O3S. The lowest BCUT2D eigenvalue weighted by Crippen LogP contribution is -2.40. The van der Waals surface area contributed by atoms with Crippen molar-refractivity contribution >= 4 is 17.7 Å². The number of fused-ring (bicyclic) bond motifs is 2. The molecule has 4 heteroatoms. The summed E-state index contributed by atoms with van der Waals surface area (Å²) in [5.74, 6) is -0.234. The third kappa shape index (κ3) is 3.33. The van der Waals surface area contributed by atoms with Gasteiger partial charge in [0.15, 0.2) is 5.60 Å². The third-order valence-electron chi connectivity index (χ3n) is 4.43. The van der Waals surface area contributed by atoms with E-state index in [4.69, 9.17) is 4.74 Å². The summed E-state index contributed by atoms with van der Waals surface area (Å²) in [6.07, 6.45) is 1.12. The molecule has 2 aromatic carbocycles. The summed E-state index contributed by atoms with van der Waals surface area (Å²) >= 11 is 1.70. The van der Waals surface area contributed by atoms with E-state index in [2.05, 4.69) is 12.1 Å². The molecule has 0 fully saturated rings. The minimum Gasteiger partial charge on any atom is -0.449 e. The quantitative estimate of drug-likeness (QED) is 0.803. The molecule has 0 atom stereocenters. The Balaban J connectivity index is 2.20. The molecule has 1 heterocycles. The Kier molecular flexibility index (Phi) is 4.94. The Labute approximate surface area is 153 Å². The molecule has 3 nitrogen and oxygen atoms in total. The zero-order valence-corrected chi connectivity index (χ0v) is 15.7. The van der Waals surface area contributed by atoms with Crippen LogP contribution < -0.4 is 0 Å². The summed E-state index contributed by atoms with van der Waals surface area (Å²) in [6, 6.07) is 16.2. The first-order chi connectivity index (χ1) is 11.9. The minimum absolute atomic E-state index is 0.0618. The van der Waals surface area contributed by atoms with Gasteiger partial charge in [0.25, 0.3) is 0 Å². The van der Waals surface area contributed by atoms with Crippen LogP contribution in [0.15, 0.2) is 58.3 Å². The van der Waals surface area contributed by atoms with E-state index in [1.54, 1.807) is 11.8 Å². The van der Waals surface area contributed by atoms with Gasteiger partial charge in [0.05, 0.1) is 5.41 Å². The normalized spacial score (nSPS) is 15.2. The maximum absolute atomic E-state index is 12.8. The largest absolute Gasteiger partial charge is 0.449 e. The van der Waals surface area contributed by atoms with Crippen LogP contribution in [0.2, 0.25) is 0 Å². The van der Waals surface area contributed by atoms with Crippen LogP contribution >= 0.6 is 11.8 Å². The summed E-state index contributed by atoms with van der Waals surface area (Å²) in [6.45, 7) is 5.66. The van der Waals surface area contributed by atoms with Crippen LogP contribution in [-0.2, 0) is 15.1 Å². The Hall–Kier alpha value is -1.78. The van der Waals surface area contributed by atoms with E-state index in [1.165, 1.54) is 0 Å². The van der Waals surface area contributed by atoms with E-state index >= 15 is 0 Å². The van der Waals surface area contributed by atoms with Gasteiger partial charge in [0, 0.05) is 27.5 Å². The monoisotopic (exact) mass is 356 g/mol. The molecule has 132 valence electrons. The zero-order chi connectivity index (χ0) is 18.1. The molecule has 1 N–H and O–H groups in total. The molecule has 2 aromatic rings. The smallest absolute Gasteiger partial charge is 0.312 e. The SMILES string of the molecule is CC(C)(C)C(=O)OC1(CCCO)c2ccccc2Sc2ccccc21. The van der Waals surface area contributed by atoms with Gasteiger partial charge in [-0.25, -0.2) is 0 Å². The van der Waals surface area contributed by atoms with E-state index in [1.807, 2.05) is 57.2 Å². The van der Waals surface area contributed by atoms with Crippen LogP contribution in [-0.4, -0.2) is 17.7 Å². The molecule has 0 aromatic heterocycles. The number of carbonyl (C=O) groups is 1. The van der Waals surface area contributed by atoms with Gasteiger partial charge in [0.2, 0.25) is 0 Å². The number of ether oxygens (including phenoxy) is 1. The lowest BCUT2D eigenvalue weighted by atomic mass is 9.81. The molecule has 0 aliphatic carbocycles. The number of benzene rings is 2. The molecule has 25 heavy (non-hydrogen) atoms. The molecule has 0 bridgehead atoms. The Morgan fingerprint density at radius 3 is 2.04 bits per heavy atom. The van der Waals surface area contributed by atoms with Crippen LogP contribution in [0.4, 0.5) is 0 Å². The van der Waals surface area contributed by atoms with E-state index in [9.17, 15) is 9.90 Å². The van der Waals surface area contributed by atoms with Crippen molar-refractivity contribution in [3.05, 3.63) is 59.7 Å². The van der Waals surface area contributed by atoms with E-state index < -0.39 is 11.0 Å². The second-order valence-electron chi connectivity index (χ2n) is 7.39. The maximum atomic E-state index is 12.8. The highest BCUT2D eigenvalue weighted by molar-refractivity contribution is 7.99. The van der Waals surface area contributed by atoms with Gasteiger partial charge in [-0.3, -0.25) is 4.79 Å². The first kappa shape index (κ1) is 18.0. The molecule has 0 radical (unpaired) electrons. The molecule has 0 spiro atoms. The maximum Gasteiger partial charge on any atom is 0.312 e. The predicted octanol–water partition coefficient (Wildman–Crippen LogP) is 4.76. The van der Waals surface area contributed by atoms with Gasteiger partial charge >= 0.3 is 5.97 Å². The summed E-state index contributed by atoms with van der Waals surface area (Å²) < 4.78 is 6.24. The third-order valence-corrected chi connectivity index (χ3v) is 5.58. The first-order valence-electron chi connectivity index (χ1n) is 8.60. The fourth-order valence-electron chi connectivity index (χ4n) is 3.11. The topological polar surface area (TPSA) is 46.5 Å². The molecule has 0 unspecified atom stereocenters. The van der Waals surface area contributed by atoms with Crippen LogP contribution in [0, 0.1) is 5.41 Å². The van der Waals surface area contributed by atoms with Crippen LogP contribution in [0.3, 0.4) is 0 Å². The number of esters is 1. The number of hydrogen-bond donors (Lipinski definition) is 1. The number of carbonyl (C=O) groups excluding carboxylic acids is 1. The number of aliphatic hydroxyl groups is 1. The van der Waals surface area contributed by atoms with E-state index in [0.29, 0.717) is 12.8 Å². The molecule has 0 saturated carbocycles. The van der Waals surface area contributed by atoms with Crippen LogP contribution in [0.1, 0.15) is 44.7 Å². The molecule has 1 aliphatic heterocycles. The standard InChI is InChI=1S/C21H24O3S/c1-20(2,3)19(23)24-21(13-8-14-22)15-9-4-6-11-17(15)25-18-12-7-5-10-16(18)21/h4-7,9-12,22H,8,13-14H2,1-3H3. The Bertz CT molecular complexity index is 731. The van der Waals surface area contributed by atoms with Crippen molar-refractivity contribution in [1.29, 1.82) is 0 Å². The van der Waals surface area contributed by atoms with Crippen molar-refractivity contribution in [2.45, 2.75) is 49.0 Å². The van der Waals surface area contributed by atoms with E-state index in [-0.39, 0.29) is 12.6 Å². The lowest BCUT2D eigenvalue weighted by Gasteiger charge is -2.41. The number of aliphatic hydroxyl groups excluding tert-OH is 1. The highest BCUT2D eigenvalue weighted by atomic mass is 32.2. The van der Waals surface area contributed by atoms with Gasteiger partial charge in [-0.1, -0.05) is 48.2 Å². The molecule has 1 aliphatic rings. The lowest BCUT2D eigenvalue weighted by molar-refractivity contribution is -0.168. The van der Waals surface area contributed by atoms with Gasteiger partial charge in [-0.05, 0) is 45.7 Å². The molecular weight excluding hydrogens is 332 g/mol. The van der Waals surface area contributed by atoms with Gasteiger partial charge in [-0.15, -0.1) is 0 Å².